The number of aromatic nitrogens is 3. The lowest BCUT2D eigenvalue weighted by atomic mass is 9.98. The van der Waals surface area contributed by atoms with E-state index in [0.29, 0.717) is 44.7 Å². The first-order chi connectivity index (χ1) is 15.7. The number of halogens is 2. The van der Waals surface area contributed by atoms with E-state index in [2.05, 4.69) is 15.3 Å². The molecule has 2 amide bonds. The molecule has 2 aromatic heterocycles. The van der Waals surface area contributed by atoms with Crippen LogP contribution in [0.3, 0.4) is 0 Å². The molecule has 170 valence electrons. The number of amides is 2. The van der Waals surface area contributed by atoms with Gasteiger partial charge in [0.25, 0.3) is 17.4 Å². The van der Waals surface area contributed by atoms with E-state index in [-0.39, 0.29) is 34.7 Å². The Balaban J connectivity index is 1.69. The molecule has 3 aromatic rings. The third-order valence-electron chi connectivity index (χ3n) is 5.54. The number of rotatable bonds is 3. The number of hydrogen-bond donors (Lipinski definition) is 2. The van der Waals surface area contributed by atoms with E-state index in [0.717, 1.165) is 0 Å². The summed E-state index contributed by atoms with van der Waals surface area (Å²) in [4.78, 5) is 47.1. The monoisotopic (exact) mass is 503 g/mol. The molecule has 0 saturated heterocycles. The summed E-state index contributed by atoms with van der Waals surface area (Å²) < 4.78 is 1.45. The predicted octanol–water partition coefficient (Wildman–Crippen LogP) is 3.54. The van der Waals surface area contributed by atoms with Gasteiger partial charge < -0.3 is 15.2 Å². The standard InChI is InChI=1S/C22H19Cl2N5O3S/c1-11-7-14-17(10-28(11)20(31)12-3-5-15(23)16(24)8-12)27-22(33)29(21(14)32)18-6-4-13(9-26-18)19(30)25-2/h3-6,8-9,11H,7,10H2,1-2H3,(H,25,30)(H,27,33)/t11-/m1/s1. The Labute approximate surface area is 204 Å². The van der Waals surface area contributed by atoms with Crippen molar-refractivity contribution >= 4 is 47.2 Å². The van der Waals surface area contributed by atoms with Gasteiger partial charge in [-0.15, -0.1) is 0 Å². The zero-order valence-corrected chi connectivity index (χ0v) is 20.0. The maximum Gasteiger partial charge on any atom is 0.263 e. The van der Waals surface area contributed by atoms with Gasteiger partial charge >= 0.3 is 0 Å². The van der Waals surface area contributed by atoms with Crippen LogP contribution in [-0.2, 0) is 13.0 Å². The number of H-pyrrole nitrogens is 1. The Kier molecular flexibility index (Phi) is 6.38. The number of carbonyl (C=O) groups excluding carboxylic acids is 2. The molecule has 1 atom stereocenters. The van der Waals surface area contributed by atoms with Gasteiger partial charge in [0.2, 0.25) is 0 Å². The van der Waals surface area contributed by atoms with Crippen molar-refractivity contribution in [2.45, 2.75) is 25.9 Å². The minimum atomic E-state index is -0.303. The van der Waals surface area contributed by atoms with Crippen molar-refractivity contribution in [2.24, 2.45) is 0 Å². The molecule has 33 heavy (non-hydrogen) atoms. The fourth-order valence-electron chi connectivity index (χ4n) is 3.77. The first-order valence-corrected chi connectivity index (χ1v) is 11.2. The van der Waals surface area contributed by atoms with E-state index in [4.69, 9.17) is 35.4 Å². The molecule has 0 saturated carbocycles. The molecular weight excluding hydrogens is 485 g/mol. The highest BCUT2D eigenvalue weighted by molar-refractivity contribution is 7.71. The minimum Gasteiger partial charge on any atom is -0.355 e. The molecule has 1 aromatic carbocycles. The molecule has 2 N–H and O–H groups in total. The summed E-state index contributed by atoms with van der Waals surface area (Å²) in [6.07, 6.45) is 1.72. The van der Waals surface area contributed by atoms with Crippen LogP contribution in [0.5, 0.6) is 0 Å². The van der Waals surface area contributed by atoms with Crippen molar-refractivity contribution in [3.63, 3.8) is 0 Å². The lowest BCUT2D eigenvalue weighted by Crippen LogP contribution is -2.45. The minimum absolute atomic E-state index is 0.149. The highest BCUT2D eigenvalue weighted by Crippen LogP contribution is 2.26. The SMILES string of the molecule is CNC(=O)c1ccc(-n2c(=S)[nH]c3c(c2=O)C[C@@H](C)N(C(=O)c2ccc(Cl)c(Cl)c2)C3)nc1. The molecule has 0 unspecified atom stereocenters. The second kappa shape index (κ2) is 9.09. The fraction of sp³-hybridized carbons (Fsp3) is 0.227. The fourth-order valence-corrected chi connectivity index (χ4v) is 4.36. The lowest BCUT2D eigenvalue weighted by molar-refractivity contribution is 0.0652. The van der Waals surface area contributed by atoms with E-state index in [1.807, 2.05) is 6.92 Å². The van der Waals surface area contributed by atoms with E-state index in [1.165, 1.54) is 23.9 Å². The average Bonchev–Trinajstić information content (AvgIpc) is 2.80. The van der Waals surface area contributed by atoms with E-state index in [9.17, 15) is 14.4 Å². The maximum atomic E-state index is 13.3. The molecule has 1 aliphatic rings. The van der Waals surface area contributed by atoms with Crippen molar-refractivity contribution < 1.29 is 9.59 Å². The zero-order valence-electron chi connectivity index (χ0n) is 17.7. The van der Waals surface area contributed by atoms with Crippen molar-refractivity contribution in [3.8, 4) is 5.82 Å². The molecule has 4 rings (SSSR count). The van der Waals surface area contributed by atoms with E-state index >= 15 is 0 Å². The second-order valence-corrected chi connectivity index (χ2v) is 8.83. The first-order valence-electron chi connectivity index (χ1n) is 10.0. The van der Waals surface area contributed by atoms with Gasteiger partial charge in [-0.3, -0.25) is 14.4 Å². The first kappa shape index (κ1) is 23.2. The summed E-state index contributed by atoms with van der Waals surface area (Å²) in [5, 5.41) is 3.18. The number of fused-ring (bicyclic) bond motifs is 1. The molecule has 0 fully saturated rings. The van der Waals surface area contributed by atoms with Crippen LogP contribution in [0.4, 0.5) is 0 Å². The number of hydrogen-bond acceptors (Lipinski definition) is 5. The number of benzene rings is 1. The summed E-state index contributed by atoms with van der Waals surface area (Å²) in [6, 6.07) is 7.62. The van der Waals surface area contributed by atoms with Gasteiger partial charge in [0.15, 0.2) is 4.77 Å². The number of nitrogens with zero attached hydrogens (tertiary/aromatic N) is 3. The van der Waals surface area contributed by atoms with Crippen molar-refractivity contribution in [1.82, 2.24) is 24.8 Å². The average molecular weight is 504 g/mol. The van der Waals surface area contributed by atoms with Crippen LogP contribution in [-0.4, -0.2) is 44.3 Å². The third kappa shape index (κ3) is 4.31. The van der Waals surface area contributed by atoms with E-state index < -0.39 is 0 Å². The summed E-state index contributed by atoms with van der Waals surface area (Å²) in [7, 11) is 1.53. The summed E-state index contributed by atoms with van der Waals surface area (Å²) in [5.74, 6) is -0.196. The Bertz CT molecular complexity index is 1380. The number of nitrogens with one attached hydrogen (secondary N) is 2. The highest BCUT2D eigenvalue weighted by Gasteiger charge is 2.31. The van der Waals surface area contributed by atoms with Gasteiger partial charge in [-0.25, -0.2) is 9.55 Å². The zero-order chi connectivity index (χ0) is 23.9. The van der Waals surface area contributed by atoms with Crippen LogP contribution < -0.4 is 10.9 Å². The van der Waals surface area contributed by atoms with Gasteiger partial charge in [-0.1, -0.05) is 23.2 Å². The smallest absolute Gasteiger partial charge is 0.263 e. The van der Waals surface area contributed by atoms with Gasteiger partial charge in [0, 0.05) is 36.1 Å². The van der Waals surface area contributed by atoms with Crippen molar-refractivity contribution in [1.29, 1.82) is 0 Å². The molecule has 8 nitrogen and oxygen atoms in total. The van der Waals surface area contributed by atoms with Crippen LogP contribution in [0.2, 0.25) is 10.0 Å². The maximum absolute atomic E-state index is 13.3. The molecule has 0 bridgehead atoms. The molecule has 1 aliphatic heterocycles. The van der Waals surface area contributed by atoms with E-state index in [1.54, 1.807) is 29.2 Å². The molecule has 11 heteroatoms. The van der Waals surface area contributed by atoms with Gasteiger partial charge in [-0.2, -0.15) is 0 Å². The Morgan fingerprint density at radius 3 is 2.55 bits per heavy atom. The molecule has 3 heterocycles. The lowest BCUT2D eigenvalue weighted by Gasteiger charge is -2.34. The van der Waals surface area contributed by atoms with Gasteiger partial charge in [0.05, 0.1) is 22.2 Å². The number of pyridine rings is 1. The Morgan fingerprint density at radius 1 is 1.18 bits per heavy atom. The predicted molar refractivity (Wildman–Crippen MR) is 128 cm³/mol. The van der Waals surface area contributed by atoms with Crippen molar-refractivity contribution in [2.75, 3.05) is 7.05 Å². The van der Waals surface area contributed by atoms with Crippen LogP contribution in [0.1, 0.15) is 38.9 Å². The summed E-state index contributed by atoms with van der Waals surface area (Å²) in [6.45, 7) is 2.07. The largest absolute Gasteiger partial charge is 0.355 e. The van der Waals surface area contributed by atoms with Gasteiger partial charge in [0.1, 0.15) is 5.82 Å². The topological polar surface area (TPSA) is 100 Å². The molecule has 0 aliphatic carbocycles. The van der Waals surface area contributed by atoms with Gasteiger partial charge in [-0.05, 0) is 55.9 Å². The summed E-state index contributed by atoms with van der Waals surface area (Å²) in [5.41, 5.74) is 1.59. The van der Waals surface area contributed by atoms with Crippen LogP contribution in [0.15, 0.2) is 41.3 Å². The quantitative estimate of drug-likeness (QED) is 0.532. The van der Waals surface area contributed by atoms with Crippen LogP contribution >= 0.6 is 35.4 Å². The van der Waals surface area contributed by atoms with Crippen molar-refractivity contribution in [3.05, 3.63) is 84.1 Å². The second-order valence-electron chi connectivity index (χ2n) is 7.63. The number of carbonyl (C=O) groups is 2. The molecule has 0 spiro atoms. The van der Waals surface area contributed by atoms with Crippen LogP contribution in [0.25, 0.3) is 5.82 Å². The molecule has 0 radical (unpaired) electrons. The molecular formula is C22H19Cl2N5O3S. The Morgan fingerprint density at radius 2 is 1.91 bits per heavy atom. The van der Waals surface area contributed by atoms with Crippen LogP contribution in [0, 0.1) is 4.77 Å². The number of aromatic amines is 1. The normalized spacial score (nSPS) is 15.2. The Hall–Kier alpha value is -3.01. The summed E-state index contributed by atoms with van der Waals surface area (Å²) >= 11 is 17.5. The third-order valence-corrected chi connectivity index (χ3v) is 6.56. The highest BCUT2D eigenvalue weighted by atomic mass is 35.5.